The van der Waals surface area contributed by atoms with Crippen LogP contribution < -0.4 is 5.32 Å². The molecule has 0 amide bonds. The number of likely N-dealkylation sites (tertiary alicyclic amines) is 1. The molecule has 0 bridgehead atoms. The predicted octanol–water partition coefficient (Wildman–Crippen LogP) is 3.91. The molecule has 0 aliphatic carbocycles. The quantitative estimate of drug-likeness (QED) is 0.431. The molecule has 0 spiro atoms. The number of piperidine rings is 1. The van der Waals surface area contributed by atoms with E-state index in [1.54, 1.807) is 11.3 Å². The van der Waals surface area contributed by atoms with E-state index in [2.05, 4.69) is 48.3 Å². The van der Waals surface area contributed by atoms with Crippen molar-refractivity contribution < 1.29 is 0 Å². The molecule has 0 radical (unpaired) electrons. The molecule has 1 aromatic heterocycles. The number of guanidine groups is 1. The van der Waals surface area contributed by atoms with Gasteiger partial charge in [0.2, 0.25) is 0 Å². The number of hydrogen-bond acceptors (Lipinski definition) is 3. The molecule has 1 saturated heterocycles. The average molecular weight is 450 g/mol. The van der Waals surface area contributed by atoms with Gasteiger partial charge >= 0.3 is 0 Å². The summed E-state index contributed by atoms with van der Waals surface area (Å²) in [5.41, 5.74) is 1.34. The zero-order chi connectivity index (χ0) is 16.2. The number of nitrogens with zero attached hydrogens (tertiary/aromatic N) is 3. The zero-order valence-electron chi connectivity index (χ0n) is 15.1. The Hall–Kier alpha value is -0.370. The highest BCUT2D eigenvalue weighted by molar-refractivity contribution is 14.0. The minimum absolute atomic E-state index is 0. The Morgan fingerprint density at radius 2 is 2.04 bits per heavy atom. The van der Waals surface area contributed by atoms with Gasteiger partial charge in [0.25, 0.3) is 0 Å². The first-order valence-electron chi connectivity index (χ1n) is 8.30. The molecule has 2 rings (SSSR count). The minimum Gasteiger partial charge on any atom is -0.356 e. The Balaban J connectivity index is 0.00000264. The number of hydrogen-bond donors (Lipinski definition) is 1. The third kappa shape index (κ3) is 6.21. The van der Waals surface area contributed by atoms with Gasteiger partial charge in [-0.25, -0.2) is 4.98 Å². The van der Waals surface area contributed by atoms with Gasteiger partial charge in [-0.3, -0.25) is 4.99 Å². The summed E-state index contributed by atoms with van der Waals surface area (Å²) in [7, 11) is 1.88. The molecule has 23 heavy (non-hydrogen) atoms. The van der Waals surface area contributed by atoms with Crippen LogP contribution in [0.5, 0.6) is 0 Å². The van der Waals surface area contributed by atoms with Crippen molar-refractivity contribution >= 4 is 41.3 Å². The van der Waals surface area contributed by atoms with Gasteiger partial charge in [0, 0.05) is 43.9 Å². The number of thiazole rings is 1. The molecule has 1 N–H and O–H groups in total. The van der Waals surface area contributed by atoms with Gasteiger partial charge in [-0.05, 0) is 18.8 Å². The van der Waals surface area contributed by atoms with Crippen molar-refractivity contribution in [2.75, 3.05) is 26.7 Å². The van der Waals surface area contributed by atoms with Gasteiger partial charge in [-0.1, -0.05) is 27.7 Å². The van der Waals surface area contributed by atoms with E-state index in [4.69, 9.17) is 4.98 Å². The van der Waals surface area contributed by atoms with Crippen LogP contribution in [0.15, 0.2) is 10.4 Å². The van der Waals surface area contributed by atoms with E-state index in [-0.39, 0.29) is 29.4 Å². The normalized spacial score (nSPS) is 17.1. The summed E-state index contributed by atoms with van der Waals surface area (Å²) in [6, 6.07) is 0. The lowest BCUT2D eigenvalue weighted by atomic mass is 9.93. The lowest BCUT2D eigenvalue weighted by molar-refractivity contribution is 0.273. The summed E-state index contributed by atoms with van der Waals surface area (Å²) in [5.74, 6) is 1.89. The van der Waals surface area contributed by atoms with E-state index >= 15 is 0 Å². The topological polar surface area (TPSA) is 40.5 Å². The maximum absolute atomic E-state index is 4.75. The molecule has 1 fully saturated rings. The fourth-order valence-corrected chi connectivity index (χ4v) is 3.63. The number of rotatable bonds is 3. The molecule has 0 unspecified atom stereocenters. The van der Waals surface area contributed by atoms with E-state index in [0.717, 1.165) is 37.9 Å². The van der Waals surface area contributed by atoms with Gasteiger partial charge in [0.05, 0.1) is 10.7 Å². The third-order valence-corrected chi connectivity index (χ3v) is 5.15. The predicted molar refractivity (Wildman–Crippen MR) is 111 cm³/mol. The molecule has 1 aliphatic heterocycles. The monoisotopic (exact) mass is 450 g/mol. The molecule has 6 heteroatoms. The van der Waals surface area contributed by atoms with Crippen LogP contribution in [0.4, 0.5) is 0 Å². The highest BCUT2D eigenvalue weighted by Crippen LogP contribution is 2.24. The maximum atomic E-state index is 4.75. The van der Waals surface area contributed by atoms with Crippen LogP contribution in [-0.2, 0) is 11.8 Å². The summed E-state index contributed by atoms with van der Waals surface area (Å²) in [4.78, 5) is 11.6. The van der Waals surface area contributed by atoms with Crippen molar-refractivity contribution in [3.63, 3.8) is 0 Å². The van der Waals surface area contributed by atoms with E-state index in [1.165, 1.54) is 23.5 Å². The largest absolute Gasteiger partial charge is 0.356 e. The van der Waals surface area contributed by atoms with Crippen molar-refractivity contribution in [2.45, 2.75) is 52.4 Å². The number of aliphatic imine (C=N–C) groups is 1. The lowest BCUT2D eigenvalue weighted by Gasteiger charge is -2.32. The van der Waals surface area contributed by atoms with E-state index < -0.39 is 0 Å². The molecule has 0 aromatic carbocycles. The molecule has 1 aromatic rings. The Morgan fingerprint density at radius 3 is 2.57 bits per heavy atom. The Kier molecular flexibility index (Phi) is 8.27. The summed E-state index contributed by atoms with van der Waals surface area (Å²) >= 11 is 1.77. The number of aromatic nitrogens is 1. The van der Waals surface area contributed by atoms with Crippen molar-refractivity contribution in [2.24, 2.45) is 10.9 Å². The maximum Gasteiger partial charge on any atom is 0.193 e. The van der Waals surface area contributed by atoms with Crippen LogP contribution in [0, 0.1) is 5.92 Å². The van der Waals surface area contributed by atoms with Crippen LogP contribution in [0.3, 0.4) is 0 Å². The van der Waals surface area contributed by atoms with Gasteiger partial charge in [0.1, 0.15) is 0 Å². The standard InChI is InChI=1S/C17H30N4S.HI/c1-13-7-10-21(11-8-13)16(18-5)19-9-6-15-20-14(12-22-15)17(2,3)4;/h12-13H,6-11H2,1-5H3,(H,18,19);1H. The van der Waals surface area contributed by atoms with Crippen molar-refractivity contribution in [3.8, 4) is 0 Å². The molecule has 0 saturated carbocycles. The number of nitrogens with one attached hydrogen (secondary N) is 1. The van der Waals surface area contributed by atoms with Crippen LogP contribution in [0.1, 0.15) is 51.2 Å². The van der Waals surface area contributed by atoms with Crippen molar-refractivity contribution in [1.29, 1.82) is 0 Å². The second-order valence-corrected chi connectivity index (χ2v) is 8.21. The van der Waals surface area contributed by atoms with Crippen molar-refractivity contribution in [1.82, 2.24) is 15.2 Å². The van der Waals surface area contributed by atoms with Gasteiger partial charge in [0.15, 0.2) is 5.96 Å². The molecular weight excluding hydrogens is 419 g/mol. The Labute approximate surface area is 162 Å². The Morgan fingerprint density at radius 1 is 1.39 bits per heavy atom. The molecule has 1 aliphatic rings. The van der Waals surface area contributed by atoms with Gasteiger partial charge in [-0.2, -0.15) is 0 Å². The summed E-state index contributed by atoms with van der Waals surface area (Å²) in [5, 5.41) is 6.89. The number of halogens is 1. The molecular formula is C17H31IN4S. The minimum atomic E-state index is 0. The second kappa shape index (κ2) is 9.20. The fraction of sp³-hybridized carbons (Fsp3) is 0.765. The Bertz CT molecular complexity index is 499. The summed E-state index contributed by atoms with van der Waals surface area (Å²) in [6.07, 6.45) is 3.49. The van der Waals surface area contributed by atoms with Crippen molar-refractivity contribution in [3.05, 3.63) is 16.1 Å². The van der Waals surface area contributed by atoms with Gasteiger partial charge < -0.3 is 10.2 Å². The van der Waals surface area contributed by atoms with Crippen LogP contribution in [0.25, 0.3) is 0 Å². The first-order chi connectivity index (χ1) is 10.4. The zero-order valence-corrected chi connectivity index (χ0v) is 18.2. The molecule has 132 valence electrons. The lowest BCUT2D eigenvalue weighted by Crippen LogP contribution is -2.45. The average Bonchev–Trinajstić information content (AvgIpc) is 2.94. The van der Waals surface area contributed by atoms with E-state index in [1.807, 2.05) is 7.05 Å². The first kappa shape index (κ1) is 20.7. The molecule has 0 atom stereocenters. The third-order valence-electron chi connectivity index (χ3n) is 4.24. The second-order valence-electron chi connectivity index (χ2n) is 7.27. The molecule has 2 heterocycles. The van der Waals surface area contributed by atoms with Crippen LogP contribution in [0.2, 0.25) is 0 Å². The first-order valence-corrected chi connectivity index (χ1v) is 9.18. The van der Waals surface area contributed by atoms with Gasteiger partial charge in [-0.15, -0.1) is 35.3 Å². The smallest absolute Gasteiger partial charge is 0.193 e. The van der Waals surface area contributed by atoms with E-state index in [9.17, 15) is 0 Å². The fourth-order valence-electron chi connectivity index (χ4n) is 2.60. The summed E-state index contributed by atoms with van der Waals surface area (Å²) in [6.45, 7) is 12.1. The van der Waals surface area contributed by atoms with E-state index in [0.29, 0.717) is 0 Å². The molecule has 4 nitrogen and oxygen atoms in total. The highest BCUT2D eigenvalue weighted by atomic mass is 127. The van der Waals surface area contributed by atoms with Crippen LogP contribution in [-0.4, -0.2) is 42.5 Å². The highest BCUT2D eigenvalue weighted by Gasteiger charge is 2.19. The van der Waals surface area contributed by atoms with Crippen LogP contribution >= 0.6 is 35.3 Å². The summed E-state index contributed by atoms with van der Waals surface area (Å²) < 4.78 is 0. The SMILES string of the molecule is CN=C(NCCc1nc(C(C)(C)C)cs1)N1CCC(C)CC1.I.